The summed E-state index contributed by atoms with van der Waals surface area (Å²) in [6.45, 7) is 3.04. The Labute approximate surface area is 56.0 Å². The van der Waals surface area contributed by atoms with Crippen LogP contribution in [0.3, 0.4) is 0 Å². The first kappa shape index (κ1) is 6.56. The van der Waals surface area contributed by atoms with Crippen LogP contribution < -0.4 is 0 Å². The first-order valence-corrected chi connectivity index (χ1v) is 3.38. The van der Waals surface area contributed by atoms with Crippen molar-refractivity contribution in [1.29, 1.82) is 0 Å². The van der Waals surface area contributed by atoms with Gasteiger partial charge < -0.3 is 4.74 Å². The van der Waals surface area contributed by atoms with Gasteiger partial charge in [0, 0.05) is 0 Å². The number of epoxide rings is 1. The fourth-order valence-electron chi connectivity index (χ4n) is 0.569. The van der Waals surface area contributed by atoms with Crippen LogP contribution in [0.5, 0.6) is 0 Å². The monoisotopic (exact) mass is 124 g/mol. The van der Waals surface area contributed by atoms with Gasteiger partial charge in [-0.1, -0.05) is 31.2 Å². The maximum atomic E-state index is 4.97. The van der Waals surface area contributed by atoms with Gasteiger partial charge in [-0.05, 0) is 6.42 Å². The zero-order valence-corrected chi connectivity index (χ0v) is 5.71. The summed E-state index contributed by atoms with van der Waals surface area (Å²) in [6.07, 6.45) is 9.83. The Kier molecular flexibility index (Phi) is 2.52. The van der Waals surface area contributed by atoms with E-state index in [1.807, 2.05) is 6.08 Å². The number of allylic oxidation sites excluding steroid dienone is 3. The number of ether oxygens (including phenoxy) is 1. The van der Waals surface area contributed by atoms with Gasteiger partial charge in [0.1, 0.15) is 0 Å². The van der Waals surface area contributed by atoms with E-state index < -0.39 is 0 Å². The molecule has 1 aliphatic heterocycles. The lowest BCUT2D eigenvalue weighted by atomic mass is 10.3. The van der Waals surface area contributed by atoms with Gasteiger partial charge >= 0.3 is 0 Å². The van der Waals surface area contributed by atoms with Crippen LogP contribution in [-0.2, 0) is 4.74 Å². The molecule has 0 radical (unpaired) electrons. The van der Waals surface area contributed by atoms with Gasteiger partial charge in [-0.15, -0.1) is 0 Å². The Morgan fingerprint density at radius 3 is 2.89 bits per heavy atom. The molecule has 0 aromatic rings. The molecule has 0 spiro atoms. The highest BCUT2D eigenvalue weighted by atomic mass is 16.6. The van der Waals surface area contributed by atoms with Crippen LogP contribution in [-0.4, -0.2) is 12.7 Å². The summed E-state index contributed by atoms with van der Waals surface area (Å²) in [5.41, 5.74) is 0. The fraction of sp³-hybridized carbons (Fsp3) is 0.500. The molecule has 1 unspecified atom stereocenters. The summed E-state index contributed by atoms with van der Waals surface area (Å²) in [5, 5.41) is 0. The largest absolute Gasteiger partial charge is 0.369 e. The average Bonchev–Trinajstić information content (AvgIpc) is 2.63. The molecule has 1 atom stereocenters. The zero-order valence-electron chi connectivity index (χ0n) is 5.71. The molecule has 1 heteroatoms. The second kappa shape index (κ2) is 3.46. The maximum Gasteiger partial charge on any atom is 0.0994 e. The van der Waals surface area contributed by atoms with Crippen LogP contribution in [0.2, 0.25) is 0 Å². The molecule has 1 rings (SSSR count). The fourth-order valence-corrected chi connectivity index (χ4v) is 0.569. The SMILES string of the molecule is CC/C=C\C=C\C1CO1. The smallest absolute Gasteiger partial charge is 0.0994 e. The maximum absolute atomic E-state index is 4.97. The van der Waals surface area contributed by atoms with Crippen LogP contribution in [0.4, 0.5) is 0 Å². The van der Waals surface area contributed by atoms with Crippen LogP contribution >= 0.6 is 0 Å². The summed E-state index contributed by atoms with van der Waals surface area (Å²) in [5.74, 6) is 0. The molecule has 1 fully saturated rings. The first-order chi connectivity index (χ1) is 4.43. The molecular formula is C8H12O. The van der Waals surface area contributed by atoms with E-state index in [2.05, 4.69) is 25.2 Å². The summed E-state index contributed by atoms with van der Waals surface area (Å²) in [6, 6.07) is 0. The quantitative estimate of drug-likeness (QED) is 0.413. The van der Waals surface area contributed by atoms with E-state index in [-0.39, 0.29) is 0 Å². The highest BCUT2D eigenvalue weighted by molar-refractivity contribution is 5.07. The van der Waals surface area contributed by atoms with Gasteiger partial charge in [0.2, 0.25) is 0 Å². The van der Waals surface area contributed by atoms with E-state index in [0.29, 0.717) is 6.10 Å². The minimum absolute atomic E-state index is 0.423. The van der Waals surface area contributed by atoms with Gasteiger partial charge in [-0.3, -0.25) is 0 Å². The van der Waals surface area contributed by atoms with E-state index in [9.17, 15) is 0 Å². The molecule has 0 aromatic carbocycles. The summed E-state index contributed by atoms with van der Waals surface area (Å²) < 4.78 is 4.97. The van der Waals surface area contributed by atoms with E-state index in [1.54, 1.807) is 0 Å². The first-order valence-electron chi connectivity index (χ1n) is 3.38. The van der Waals surface area contributed by atoms with Gasteiger partial charge in [0.25, 0.3) is 0 Å². The molecule has 0 bridgehead atoms. The Hall–Kier alpha value is -0.560. The van der Waals surface area contributed by atoms with Gasteiger partial charge in [0.05, 0.1) is 12.7 Å². The lowest BCUT2D eigenvalue weighted by molar-refractivity contribution is 0.440. The second-order valence-electron chi connectivity index (χ2n) is 2.09. The Morgan fingerprint density at radius 1 is 1.56 bits per heavy atom. The van der Waals surface area contributed by atoms with Crippen LogP contribution in [0.15, 0.2) is 24.3 Å². The minimum atomic E-state index is 0.423. The standard InChI is InChI=1S/C8H12O/c1-2-3-4-5-6-8-7-9-8/h3-6,8H,2,7H2,1H3/b4-3-,6-5+. The second-order valence-corrected chi connectivity index (χ2v) is 2.09. The molecule has 1 nitrogen and oxygen atoms in total. The Bertz CT molecular complexity index is 121. The summed E-state index contributed by atoms with van der Waals surface area (Å²) in [4.78, 5) is 0. The molecule has 0 saturated carbocycles. The normalized spacial score (nSPS) is 26.1. The Morgan fingerprint density at radius 2 is 2.33 bits per heavy atom. The van der Waals surface area contributed by atoms with Crippen molar-refractivity contribution in [2.24, 2.45) is 0 Å². The third-order valence-electron chi connectivity index (χ3n) is 1.17. The molecule has 1 saturated heterocycles. The van der Waals surface area contributed by atoms with Crippen molar-refractivity contribution in [3.05, 3.63) is 24.3 Å². The molecule has 1 aliphatic rings. The number of hydrogen-bond acceptors (Lipinski definition) is 1. The lowest BCUT2D eigenvalue weighted by Crippen LogP contribution is -1.70. The van der Waals surface area contributed by atoms with Crippen molar-refractivity contribution in [2.45, 2.75) is 19.4 Å². The van der Waals surface area contributed by atoms with Crippen LogP contribution in [0, 0.1) is 0 Å². The van der Waals surface area contributed by atoms with Crippen LogP contribution in [0.25, 0.3) is 0 Å². The molecule has 9 heavy (non-hydrogen) atoms. The predicted octanol–water partition coefficient (Wildman–Crippen LogP) is 1.91. The van der Waals surface area contributed by atoms with Crippen LogP contribution in [0.1, 0.15) is 13.3 Å². The third kappa shape index (κ3) is 3.09. The van der Waals surface area contributed by atoms with Crippen molar-refractivity contribution in [3.8, 4) is 0 Å². The molecule has 0 aromatic heterocycles. The number of rotatable bonds is 3. The topological polar surface area (TPSA) is 12.5 Å². The van der Waals surface area contributed by atoms with Crippen molar-refractivity contribution < 1.29 is 4.74 Å². The van der Waals surface area contributed by atoms with Crippen molar-refractivity contribution in [2.75, 3.05) is 6.61 Å². The van der Waals surface area contributed by atoms with E-state index in [0.717, 1.165) is 13.0 Å². The summed E-state index contributed by atoms with van der Waals surface area (Å²) in [7, 11) is 0. The minimum Gasteiger partial charge on any atom is -0.369 e. The molecule has 1 heterocycles. The van der Waals surface area contributed by atoms with Gasteiger partial charge in [-0.2, -0.15) is 0 Å². The molecule has 50 valence electrons. The van der Waals surface area contributed by atoms with Crippen molar-refractivity contribution in [3.63, 3.8) is 0 Å². The van der Waals surface area contributed by atoms with Gasteiger partial charge in [0.15, 0.2) is 0 Å². The molecule has 0 aliphatic carbocycles. The Balaban J connectivity index is 2.07. The average molecular weight is 124 g/mol. The molecular weight excluding hydrogens is 112 g/mol. The summed E-state index contributed by atoms with van der Waals surface area (Å²) >= 11 is 0. The highest BCUT2D eigenvalue weighted by Crippen LogP contribution is 2.09. The third-order valence-corrected chi connectivity index (χ3v) is 1.17. The van der Waals surface area contributed by atoms with Gasteiger partial charge in [-0.25, -0.2) is 0 Å². The van der Waals surface area contributed by atoms with E-state index >= 15 is 0 Å². The highest BCUT2D eigenvalue weighted by Gasteiger charge is 2.17. The molecule has 0 N–H and O–H groups in total. The molecule has 0 amide bonds. The predicted molar refractivity (Wildman–Crippen MR) is 38.3 cm³/mol. The van der Waals surface area contributed by atoms with E-state index in [4.69, 9.17) is 4.74 Å². The van der Waals surface area contributed by atoms with E-state index in [1.165, 1.54) is 0 Å². The lowest BCUT2D eigenvalue weighted by Gasteiger charge is -1.74. The van der Waals surface area contributed by atoms with Crippen molar-refractivity contribution >= 4 is 0 Å². The van der Waals surface area contributed by atoms with Crippen molar-refractivity contribution in [1.82, 2.24) is 0 Å². The zero-order chi connectivity index (χ0) is 6.53. The number of hydrogen-bond donors (Lipinski definition) is 0.